The van der Waals surface area contributed by atoms with Crippen molar-refractivity contribution in [3.63, 3.8) is 0 Å². The molecule has 0 unspecified atom stereocenters. The average Bonchev–Trinajstić information content (AvgIpc) is 3.13. The van der Waals surface area contributed by atoms with E-state index in [2.05, 4.69) is 15.1 Å². The van der Waals surface area contributed by atoms with Crippen LogP contribution in [0, 0.1) is 0 Å². The van der Waals surface area contributed by atoms with E-state index < -0.39 is 0 Å². The van der Waals surface area contributed by atoms with E-state index in [0.717, 1.165) is 31.3 Å². The van der Waals surface area contributed by atoms with Crippen LogP contribution in [0.15, 0.2) is 0 Å². The van der Waals surface area contributed by atoms with Crippen molar-refractivity contribution in [1.29, 1.82) is 0 Å². The van der Waals surface area contributed by atoms with Crippen molar-refractivity contribution in [2.45, 2.75) is 18.9 Å². The molecule has 0 bridgehead atoms. The van der Waals surface area contributed by atoms with E-state index in [1.165, 1.54) is 12.8 Å². The Kier molecular flexibility index (Phi) is 4.40. The number of amides is 1. The maximum absolute atomic E-state index is 11.6. The third-order valence-corrected chi connectivity index (χ3v) is 3.80. The van der Waals surface area contributed by atoms with E-state index in [9.17, 15) is 4.79 Å². The smallest absolute Gasteiger partial charge is 0.236 e. The summed E-state index contributed by atoms with van der Waals surface area (Å²) in [6.07, 6.45) is 2.49. The van der Waals surface area contributed by atoms with Gasteiger partial charge in [0.2, 0.25) is 5.91 Å². The molecule has 0 radical (unpaired) electrons. The summed E-state index contributed by atoms with van der Waals surface area (Å²) < 4.78 is 0. The van der Waals surface area contributed by atoms with Crippen LogP contribution in [0.2, 0.25) is 0 Å². The lowest BCUT2D eigenvalue weighted by atomic mass is 10.3. The maximum atomic E-state index is 11.6. The van der Waals surface area contributed by atoms with E-state index in [4.69, 9.17) is 12.2 Å². The molecule has 5 nitrogen and oxygen atoms in total. The average molecular weight is 270 g/mol. The Morgan fingerprint density at radius 3 is 2.39 bits per heavy atom. The van der Waals surface area contributed by atoms with Gasteiger partial charge in [-0.15, -0.1) is 0 Å². The van der Waals surface area contributed by atoms with Gasteiger partial charge in [-0.25, -0.2) is 0 Å². The molecule has 2 rings (SSSR count). The minimum atomic E-state index is 0.169. The molecule has 0 aromatic carbocycles. The first-order valence-corrected chi connectivity index (χ1v) is 6.95. The van der Waals surface area contributed by atoms with Gasteiger partial charge in [0, 0.05) is 46.3 Å². The zero-order valence-electron chi connectivity index (χ0n) is 11.2. The minimum absolute atomic E-state index is 0.169. The van der Waals surface area contributed by atoms with Gasteiger partial charge in [0.05, 0.1) is 6.54 Å². The summed E-state index contributed by atoms with van der Waals surface area (Å²) in [6.45, 7) is 4.17. The Bertz CT molecular complexity index is 322. The summed E-state index contributed by atoms with van der Waals surface area (Å²) in [5, 5.41) is 4.25. The first-order valence-electron chi connectivity index (χ1n) is 6.54. The Hall–Kier alpha value is -0.880. The van der Waals surface area contributed by atoms with Gasteiger partial charge in [-0.05, 0) is 25.1 Å². The number of nitrogens with one attached hydrogen (secondary N) is 1. The van der Waals surface area contributed by atoms with Gasteiger partial charge in [0.1, 0.15) is 0 Å². The van der Waals surface area contributed by atoms with Crippen molar-refractivity contribution >= 4 is 23.2 Å². The quantitative estimate of drug-likeness (QED) is 0.715. The number of carbonyl (C=O) groups excluding carboxylic acids is 1. The lowest BCUT2D eigenvalue weighted by Gasteiger charge is -2.36. The molecule has 0 spiro atoms. The van der Waals surface area contributed by atoms with Crippen LogP contribution in [0.3, 0.4) is 0 Å². The summed E-state index contributed by atoms with van der Waals surface area (Å²) in [5.41, 5.74) is 0. The Morgan fingerprint density at radius 2 is 1.89 bits per heavy atom. The second kappa shape index (κ2) is 5.84. The van der Waals surface area contributed by atoms with Crippen LogP contribution in [0.25, 0.3) is 0 Å². The molecular weight excluding hydrogens is 248 g/mol. The summed E-state index contributed by atoms with van der Waals surface area (Å²) in [5.74, 6) is 0.169. The van der Waals surface area contributed by atoms with Gasteiger partial charge in [0.15, 0.2) is 5.11 Å². The highest BCUT2D eigenvalue weighted by molar-refractivity contribution is 7.80. The zero-order valence-corrected chi connectivity index (χ0v) is 12.0. The van der Waals surface area contributed by atoms with E-state index in [0.29, 0.717) is 12.6 Å². The van der Waals surface area contributed by atoms with Gasteiger partial charge in [-0.1, -0.05) is 0 Å². The minimum Gasteiger partial charge on any atom is -0.360 e. The number of carbonyl (C=O) groups is 1. The monoisotopic (exact) mass is 270 g/mol. The van der Waals surface area contributed by atoms with Gasteiger partial charge in [0.25, 0.3) is 0 Å². The van der Waals surface area contributed by atoms with Crippen molar-refractivity contribution < 1.29 is 4.79 Å². The Labute approximate surface area is 114 Å². The Morgan fingerprint density at radius 1 is 1.28 bits per heavy atom. The second-order valence-corrected chi connectivity index (χ2v) is 5.66. The number of nitrogens with zero attached hydrogens (tertiary/aromatic N) is 3. The number of rotatable bonds is 3. The fourth-order valence-electron chi connectivity index (χ4n) is 1.94. The van der Waals surface area contributed by atoms with Crippen LogP contribution in [-0.4, -0.2) is 78.6 Å². The standard InChI is InChI=1S/C12H22N4OS/c1-14(2)11(17)9-15-5-7-16(8-6-15)12(18)13-10-3-4-10/h10H,3-9H2,1-2H3,(H,13,18). The fourth-order valence-corrected chi connectivity index (χ4v) is 2.28. The van der Waals surface area contributed by atoms with E-state index >= 15 is 0 Å². The predicted octanol–water partition coefficient (Wildman–Crippen LogP) is -0.271. The molecule has 1 saturated carbocycles. The van der Waals surface area contributed by atoms with Gasteiger partial charge >= 0.3 is 0 Å². The molecule has 2 fully saturated rings. The molecule has 1 N–H and O–H groups in total. The highest BCUT2D eigenvalue weighted by atomic mass is 32.1. The normalized spacial score (nSPS) is 20.7. The van der Waals surface area contributed by atoms with E-state index in [-0.39, 0.29) is 5.91 Å². The summed E-state index contributed by atoms with van der Waals surface area (Å²) in [6, 6.07) is 0.617. The van der Waals surface area contributed by atoms with E-state index in [1.54, 1.807) is 19.0 Å². The van der Waals surface area contributed by atoms with Crippen LogP contribution in [-0.2, 0) is 4.79 Å². The van der Waals surface area contributed by atoms with Crippen molar-refractivity contribution in [1.82, 2.24) is 20.0 Å². The van der Waals surface area contributed by atoms with Gasteiger partial charge in [-0.3, -0.25) is 9.69 Å². The molecule has 1 aliphatic heterocycles. The molecule has 18 heavy (non-hydrogen) atoms. The molecule has 1 amide bonds. The predicted molar refractivity (Wildman–Crippen MR) is 75.5 cm³/mol. The fraction of sp³-hybridized carbons (Fsp3) is 0.833. The molecule has 1 saturated heterocycles. The highest BCUT2D eigenvalue weighted by Crippen LogP contribution is 2.19. The van der Waals surface area contributed by atoms with Crippen molar-refractivity contribution in [3.8, 4) is 0 Å². The van der Waals surface area contributed by atoms with E-state index in [1.807, 2.05) is 0 Å². The number of hydrogen-bond acceptors (Lipinski definition) is 3. The lowest BCUT2D eigenvalue weighted by Crippen LogP contribution is -2.53. The third kappa shape index (κ3) is 3.81. The van der Waals surface area contributed by atoms with Crippen LogP contribution < -0.4 is 5.32 Å². The van der Waals surface area contributed by atoms with Gasteiger partial charge < -0.3 is 15.1 Å². The number of thiocarbonyl (C=S) groups is 1. The molecule has 0 aromatic heterocycles. The summed E-state index contributed by atoms with van der Waals surface area (Å²) in [7, 11) is 3.60. The molecule has 102 valence electrons. The van der Waals surface area contributed by atoms with Crippen LogP contribution >= 0.6 is 12.2 Å². The van der Waals surface area contributed by atoms with Crippen molar-refractivity contribution in [2.75, 3.05) is 46.8 Å². The SMILES string of the molecule is CN(C)C(=O)CN1CCN(C(=S)NC2CC2)CC1. The van der Waals surface area contributed by atoms with Crippen LogP contribution in [0.5, 0.6) is 0 Å². The summed E-state index contributed by atoms with van der Waals surface area (Å²) >= 11 is 5.38. The molecule has 1 aliphatic carbocycles. The molecule has 6 heteroatoms. The molecule has 0 aromatic rings. The van der Waals surface area contributed by atoms with Crippen molar-refractivity contribution in [2.24, 2.45) is 0 Å². The maximum Gasteiger partial charge on any atom is 0.236 e. The van der Waals surface area contributed by atoms with Crippen LogP contribution in [0.4, 0.5) is 0 Å². The lowest BCUT2D eigenvalue weighted by molar-refractivity contribution is -0.130. The number of likely N-dealkylation sites (N-methyl/N-ethyl adjacent to an activating group) is 1. The number of piperazine rings is 1. The first kappa shape index (κ1) is 13.5. The largest absolute Gasteiger partial charge is 0.360 e. The highest BCUT2D eigenvalue weighted by Gasteiger charge is 2.26. The number of hydrogen-bond donors (Lipinski definition) is 1. The molecule has 1 heterocycles. The van der Waals surface area contributed by atoms with Crippen molar-refractivity contribution in [3.05, 3.63) is 0 Å². The Balaban J connectivity index is 1.70. The molecule has 2 aliphatic rings. The topological polar surface area (TPSA) is 38.8 Å². The second-order valence-electron chi connectivity index (χ2n) is 5.28. The molecule has 0 atom stereocenters. The van der Waals surface area contributed by atoms with Crippen LogP contribution in [0.1, 0.15) is 12.8 Å². The summed E-state index contributed by atoms with van der Waals surface area (Å²) in [4.78, 5) is 17.7. The van der Waals surface area contributed by atoms with Gasteiger partial charge in [-0.2, -0.15) is 0 Å². The zero-order chi connectivity index (χ0) is 13.1. The molecular formula is C12H22N4OS. The first-order chi connectivity index (χ1) is 8.56. The third-order valence-electron chi connectivity index (χ3n) is 3.42.